The number of carbonyl (C=O) groups excluding carboxylic acids is 1. The van der Waals surface area contributed by atoms with Crippen molar-refractivity contribution in [2.45, 2.75) is 57.3 Å². The summed E-state index contributed by atoms with van der Waals surface area (Å²) in [5.74, 6) is -2.24. The van der Waals surface area contributed by atoms with Gasteiger partial charge in [-0.1, -0.05) is 17.7 Å². The van der Waals surface area contributed by atoms with Gasteiger partial charge < -0.3 is 19.9 Å². The molecule has 2 aromatic carbocycles. The first kappa shape index (κ1) is 31.9. The summed E-state index contributed by atoms with van der Waals surface area (Å²) in [5.41, 5.74) is -2.23. The quantitative estimate of drug-likeness (QED) is 0.192. The highest BCUT2D eigenvalue weighted by Gasteiger charge is 2.49. The summed E-state index contributed by atoms with van der Waals surface area (Å²) in [6.45, 7) is 6.14. The van der Waals surface area contributed by atoms with Crippen molar-refractivity contribution in [1.29, 1.82) is 5.26 Å². The second kappa shape index (κ2) is 11.6. The number of nitrogens with one attached hydrogen (secondary N) is 2. The van der Waals surface area contributed by atoms with Crippen molar-refractivity contribution in [3.8, 4) is 29.0 Å². The Kier molecular flexibility index (Phi) is 8.07. The molecule has 15 heteroatoms. The number of fused-ring (bicyclic) bond motifs is 3. The van der Waals surface area contributed by atoms with Gasteiger partial charge in [-0.3, -0.25) is 10.2 Å². The Labute approximate surface area is 271 Å². The summed E-state index contributed by atoms with van der Waals surface area (Å²) < 4.78 is 57.3. The highest BCUT2D eigenvalue weighted by atomic mass is 35.5. The Bertz CT molecular complexity index is 1940. The molecule has 2 saturated heterocycles. The molecule has 2 fully saturated rings. The van der Waals surface area contributed by atoms with Crippen LogP contribution in [-0.4, -0.2) is 70.1 Å². The Balaban J connectivity index is 1.48. The zero-order chi connectivity index (χ0) is 33.1. The van der Waals surface area contributed by atoms with E-state index in [-0.39, 0.29) is 61.1 Å². The van der Waals surface area contributed by atoms with Crippen molar-refractivity contribution in [3.05, 3.63) is 34.4 Å². The monoisotopic (exact) mass is 674 g/mol. The molecule has 2 aliphatic rings. The van der Waals surface area contributed by atoms with Crippen LogP contribution < -0.4 is 15.4 Å². The zero-order valence-corrected chi connectivity index (χ0v) is 26.9. The van der Waals surface area contributed by atoms with Crippen LogP contribution in [0.15, 0.2) is 12.1 Å². The second-order valence-corrected chi connectivity index (χ2v) is 13.8. The number of phenolic OH excluding ortho intramolecular Hbond substituents is 1. The standard InChI is InChI=1S/C31H30ClF3N6O4S/c1-30(2,3)45-29(43)40-27-16(11-36)18-15(6-7-17(34)25(18)46-27)19-21(32)24(42)20-23(22(19)35)38-28(39-26(20)37-4)44-13-31-8-5-9-41(31)12-14(33)10-31/h6-7,14,42H,5,8-10,12-13H2,1-4H3,(H,40,43)(H,37,38,39)/t14?,31-/m0/s1. The molecule has 3 N–H and O–H groups in total. The molecule has 0 spiro atoms. The molecule has 0 radical (unpaired) electrons. The fourth-order valence-electron chi connectivity index (χ4n) is 6.37. The predicted molar refractivity (Wildman–Crippen MR) is 170 cm³/mol. The summed E-state index contributed by atoms with van der Waals surface area (Å²) in [6.07, 6.45) is 0.101. The number of nitrogens with zero attached hydrogens (tertiary/aromatic N) is 4. The minimum Gasteiger partial charge on any atom is -0.506 e. The van der Waals surface area contributed by atoms with Gasteiger partial charge in [0.2, 0.25) is 0 Å². The van der Waals surface area contributed by atoms with Crippen LogP contribution in [0.4, 0.5) is 28.8 Å². The summed E-state index contributed by atoms with van der Waals surface area (Å²) in [4.78, 5) is 23.2. The Morgan fingerprint density at radius 2 is 2.07 bits per heavy atom. The number of halogens is 4. The maximum atomic E-state index is 16.7. The number of anilines is 2. The van der Waals surface area contributed by atoms with Crippen LogP contribution >= 0.6 is 22.9 Å². The predicted octanol–water partition coefficient (Wildman–Crippen LogP) is 7.36. The fraction of sp³-hybridized carbons (Fsp3) is 0.419. The van der Waals surface area contributed by atoms with Gasteiger partial charge in [0.05, 0.1) is 26.2 Å². The normalized spacial score (nSPS) is 19.8. The van der Waals surface area contributed by atoms with Crippen LogP contribution in [0.3, 0.4) is 0 Å². The van der Waals surface area contributed by atoms with Crippen LogP contribution in [-0.2, 0) is 4.74 Å². The van der Waals surface area contributed by atoms with Crippen LogP contribution in [0, 0.1) is 23.0 Å². The minimum absolute atomic E-state index is 0.0158. The number of carbonyl (C=O) groups is 1. The first-order valence-corrected chi connectivity index (χ1v) is 15.7. The largest absolute Gasteiger partial charge is 0.506 e. The molecule has 0 saturated carbocycles. The Hall–Kier alpha value is -4.06. The number of nitriles is 1. The van der Waals surface area contributed by atoms with Gasteiger partial charge in [0.25, 0.3) is 0 Å². The first-order valence-electron chi connectivity index (χ1n) is 14.5. The van der Waals surface area contributed by atoms with Gasteiger partial charge in [-0.05, 0) is 51.8 Å². The zero-order valence-electron chi connectivity index (χ0n) is 25.4. The highest BCUT2D eigenvalue weighted by molar-refractivity contribution is 7.23. The van der Waals surface area contributed by atoms with Crippen LogP contribution in [0.2, 0.25) is 5.02 Å². The number of amides is 1. The summed E-state index contributed by atoms with van der Waals surface area (Å²) in [5, 5.41) is 26.1. The van der Waals surface area contributed by atoms with Crippen molar-refractivity contribution < 1.29 is 32.5 Å². The molecular formula is C31H30ClF3N6O4S. The Morgan fingerprint density at radius 1 is 1.30 bits per heavy atom. The lowest BCUT2D eigenvalue weighted by atomic mass is 9.95. The number of aromatic hydroxyl groups is 1. The molecule has 6 rings (SSSR count). The van der Waals surface area contributed by atoms with E-state index in [4.69, 9.17) is 21.1 Å². The second-order valence-electron chi connectivity index (χ2n) is 12.4. The van der Waals surface area contributed by atoms with Gasteiger partial charge in [-0.25, -0.2) is 18.0 Å². The summed E-state index contributed by atoms with van der Waals surface area (Å²) in [6, 6.07) is 4.07. The number of aromatic nitrogens is 2. The number of benzene rings is 2. The lowest BCUT2D eigenvalue weighted by Crippen LogP contribution is -2.43. The molecule has 1 amide bonds. The molecular weight excluding hydrogens is 645 g/mol. The number of alkyl halides is 1. The van der Waals surface area contributed by atoms with E-state index in [2.05, 4.69) is 25.5 Å². The van der Waals surface area contributed by atoms with Gasteiger partial charge in [0.15, 0.2) is 5.82 Å². The van der Waals surface area contributed by atoms with E-state index < -0.39 is 45.8 Å². The van der Waals surface area contributed by atoms with Gasteiger partial charge in [-0.15, -0.1) is 11.3 Å². The molecule has 2 aliphatic heterocycles. The SMILES string of the molecule is CNc1nc(OC[C@@]23CCCN2CC(F)C3)nc2c(F)c(-c3ccc(F)c4sc(NC(=O)OC(C)(C)C)c(C#N)c34)c(Cl)c(O)c12. The number of rotatable bonds is 6. The average molecular weight is 675 g/mol. The molecule has 2 atom stereocenters. The highest BCUT2D eigenvalue weighted by Crippen LogP contribution is 2.50. The molecule has 10 nitrogen and oxygen atoms in total. The number of ether oxygens (including phenoxy) is 2. The molecule has 0 bridgehead atoms. The van der Waals surface area contributed by atoms with Crippen molar-refractivity contribution in [3.63, 3.8) is 0 Å². The number of hydrogen-bond acceptors (Lipinski definition) is 10. The van der Waals surface area contributed by atoms with Gasteiger partial charge in [0.1, 0.15) is 52.4 Å². The average Bonchev–Trinajstić information content (AvgIpc) is 3.64. The van der Waals surface area contributed by atoms with Gasteiger partial charge in [0, 0.05) is 31.0 Å². The molecule has 46 heavy (non-hydrogen) atoms. The topological polar surface area (TPSA) is 133 Å². The molecule has 242 valence electrons. The third kappa shape index (κ3) is 5.40. The van der Waals surface area contributed by atoms with E-state index in [1.165, 1.54) is 13.1 Å². The third-order valence-electron chi connectivity index (χ3n) is 8.23. The van der Waals surface area contributed by atoms with Crippen molar-refractivity contribution in [2.24, 2.45) is 0 Å². The van der Waals surface area contributed by atoms with Crippen LogP contribution in [0.1, 0.15) is 45.6 Å². The molecule has 4 heterocycles. The van der Waals surface area contributed by atoms with Crippen LogP contribution in [0.25, 0.3) is 32.1 Å². The lowest BCUT2D eigenvalue weighted by Gasteiger charge is -2.30. The minimum atomic E-state index is -0.989. The lowest BCUT2D eigenvalue weighted by molar-refractivity contribution is 0.0636. The van der Waals surface area contributed by atoms with Crippen molar-refractivity contribution in [1.82, 2.24) is 14.9 Å². The maximum absolute atomic E-state index is 16.7. The van der Waals surface area contributed by atoms with Crippen molar-refractivity contribution in [2.75, 3.05) is 37.4 Å². The number of phenols is 1. The van der Waals surface area contributed by atoms with E-state index in [1.54, 1.807) is 20.8 Å². The number of hydrogen-bond donors (Lipinski definition) is 3. The summed E-state index contributed by atoms with van der Waals surface area (Å²) >= 11 is 7.36. The smallest absolute Gasteiger partial charge is 0.412 e. The molecule has 4 aromatic rings. The molecule has 0 aliphatic carbocycles. The van der Waals surface area contributed by atoms with E-state index in [0.29, 0.717) is 13.0 Å². The fourth-order valence-corrected chi connectivity index (χ4v) is 7.71. The first-order chi connectivity index (χ1) is 21.8. The van der Waals surface area contributed by atoms with Gasteiger partial charge in [-0.2, -0.15) is 15.2 Å². The summed E-state index contributed by atoms with van der Waals surface area (Å²) in [7, 11) is 1.51. The van der Waals surface area contributed by atoms with Crippen LogP contribution in [0.5, 0.6) is 11.8 Å². The van der Waals surface area contributed by atoms with Crippen molar-refractivity contribution >= 4 is 60.8 Å². The molecule has 2 aromatic heterocycles. The number of thiophene rings is 1. The van der Waals surface area contributed by atoms with Gasteiger partial charge >= 0.3 is 12.1 Å². The third-order valence-corrected chi connectivity index (χ3v) is 9.72. The van der Waals surface area contributed by atoms with E-state index in [1.807, 2.05) is 6.07 Å². The van der Waals surface area contributed by atoms with E-state index in [9.17, 15) is 19.6 Å². The van der Waals surface area contributed by atoms with E-state index >= 15 is 8.78 Å². The molecule has 1 unspecified atom stereocenters. The van der Waals surface area contributed by atoms with E-state index in [0.717, 1.165) is 36.8 Å². The maximum Gasteiger partial charge on any atom is 0.412 e. The Morgan fingerprint density at radius 3 is 2.76 bits per heavy atom.